The Labute approximate surface area is 182 Å². The van der Waals surface area contributed by atoms with Gasteiger partial charge in [-0.3, -0.25) is 9.59 Å². The minimum atomic E-state index is -0.246. The van der Waals surface area contributed by atoms with E-state index in [1.807, 2.05) is 42.5 Å². The fraction of sp³-hybridized carbons (Fsp3) is 0.308. The highest BCUT2D eigenvalue weighted by atomic mass is 16.5. The van der Waals surface area contributed by atoms with Crippen molar-refractivity contribution in [3.63, 3.8) is 0 Å². The molecule has 0 fully saturated rings. The number of aryl methyl sites for hydroxylation is 1. The third-order valence-electron chi connectivity index (χ3n) is 5.97. The molecule has 0 aliphatic carbocycles. The summed E-state index contributed by atoms with van der Waals surface area (Å²) in [6.07, 6.45) is 4.41. The van der Waals surface area contributed by atoms with Crippen LogP contribution < -0.4 is 14.9 Å². The number of ketones is 1. The van der Waals surface area contributed by atoms with Crippen molar-refractivity contribution in [3.05, 3.63) is 81.6 Å². The second-order valence-electron chi connectivity index (χ2n) is 7.94. The number of pyridine rings is 1. The molecule has 1 unspecified atom stereocenters. The number of hydrogen-bond donors (Lipinski definition) is 0. The van der Waals surface area contributed by atoms with Gasteiger partial charge >= 0.3 is 0 Å². The van der Waals surface area contributed by atoms with Gasteiger partial charge in [0, 0.05) is 23.9 Å². The van der Waals surface area contributed by atoms with Gasteiger partial charge in [-0.05, 0) is 49.4 Å². The predicted molar refractivity (Wildman–Crippen MR) is 121 cm³/mol. The summed E-state index contributed by atoms with van der Waals surface area (Å²) >= 11 is 0. The Hall–Kier alpha value is -3.34. The average molecular weight is 418 g/mol. The molecule has 2 heterocycles. The Kier molecular flexibility index (Phi) is 5.94. The van der Waals surface area contributed by atoms with Crippen LogP contribution in [0.25, 0.3) is 11.3 Å². The van der Waals surface area contributed by atoms with E-state index in [1.165, 1.54) is 6.92 Å². The zero-order valence-corrected chi connectivity index (χ0v) is 18.2. The van der Waals surface area contributed by atoms with E-state index < -0.39 is 0 Å². The van der Waals surface area contributed by atoms with Crippen molar-refractivity contribution < 1.29 is 14.3 Å². The highest BCUT2D eigenvalue weighted by Crippen LogP contribution is 2.40. The summed E-state index contributed by atoms with van der Waals surface area (Å²) < 4.78 is 13.8. The molecule has 4 rings (SSSR count). The van der Waals surface area contributed by atoms with Crippen molar-refractivity contribution >= 4 is 5.78 Å². The van der Waals surface area contributed by atoms with Gasteiger partial charge in [0.1, 0.15) is 6.61 Å². The summed E-state index contributed by atoms with van der Waals surface area (Å²) in [5.74, 6) is 1.11. The van der Waals surface area contributed by atoms with Gasteiger partial charge < -0.3 is 14.0 Å². The van der Waals surface area contributed by atoms with Crippen molar-refractivity contribution in [2.75, 3.05) is 7.11 Å². The van der Waals surface area contributed by atoms with Gasteiger partial charge in [-0.2, -0.15) is 0 Å². The lowest BCUT2D eigenvalue weighted by Gasteiger charge is -2.21. The van der Waals surface area contributed by atoms with Crippen LogP contribution in [0.1, 0.15) is 54.2 Å². The minimum absolute atomic E-state index is 0.207. The van der Waals surface area contributed by atoms with Crippen LogP contribution in [0.3, 0.4) is 0 Å². The van der Waals surface area contributed by atoms with Crippen molar-refractivity contribution in [3.8, 4) is 22.8 Å². The maximum Gasteiger partial charge on any atom is 0.192 e. The summed E-state index contributed by atoms with van der Waals surface area (Å²) in [6, 6.07) is 15.8. The summed E-state index contributed by atoms with van der Waals surface area (Å²) in [4.78, 5) is 24.6. The summed E-state index contributed by atoms with van der Waals surface area (Å²) in [5, 5.41) is 0. The fourth-order valence-electron chi connectivity index (χ4n) is 4.25. The Morgan fingerprint density at radius 2 is 1.90 bits per heavy atom. The summed E-state index contributed by atoms with van der Waals surface area (Å²) in [5.41, 5.74) is 3.96. The third kappa shape index (κ3) is 4.13. The van der Waals surface area contributed by atoms with Crippen LogP contribution in [-0.4, -0.2) is 17.5 Å². The molecule has 2 aromatic carbocycles. The Morgan fingerprint density at radius 3 is 2.58 bits per heavy atom. The average Bonchev–Trinajstić information content (AvgIpc) is 2.92. The van der Waals surface area contributed by atoms with Gasteiger partial charge in [0.25, 0.3) is 0 Å². The monoisotopic (exact) mass is 417 g/mol. The van der Waals surface area contributed by atoms with E-state index in [-0.39, 0.29) is 22.8 Å². The van der Waals surface area contributed by atoms with E-state index in [9.17, 15) is 9.59 Å². The van der Waals surface area contributed by atoms with Crippen LogP contribution in [0.2, 0.25) is 0 Å². The molecule has 1 aromatic heterocycles. The van der Waals surface area contributed by atoms with E-state index in [0.29, 0.717) is 18.1 Å². The number of ether oxygens (including phenoxy) is 2. The van der Waals surface area contributed by atoms with Crippen molar-refractivity contribution in [2.24, 2.45) is 0 Å². The lowest BCUT2D eigenvalue weighted by molar-refractivity contribution is 0.101. The number of fused-ring (bicyclic) bond motifs is 3. The molecule has 1 aliphatic heterocycles. The number of hydrogen-bond acceptors (Lipinski definition) is 4. The van der Waals surface area contributed by atoms with E-state index in [1.54, 1.807) is 19.4 Å². The molecule has 1 atom stereocenters. The fourth-order valence-corrected chi connectivity index (χ4v) is 4.25. The number of carbonyl (C=O) groups excluding carboxylic acids is 1. The van der Waals surface area contributed by atoms with Crippen LogP contribution in [0.5, 0.6) is 11.5 Å². The lowest BCUT2D eigenvalue weighted by Crippen LogP contribution is -2.19. The molecular formula is C26H27NO4. The maximum absolute atomic E-state index is 12.6. The highest BCUT2D eigenvalue weighted by Gasteiger charge is 2.24. The van der Waals surface area contributed by atoms with Crippen molar-refractivity contribution in [1.29, 1.82) is 0 Å². The molecule has 0 spiro atoms. The molecule has 160 valence electrons. The van der Waals surface area contributed by atoms with Gasteiger partial charge in [0.05, 0.1) is 18.4 Å². The zero-order chi connectivity index (χ0) is 22.0. The van der Waals surface area contributed by atoms with Crippen LogP contribution in [0, 0.1) is 0 Å². The number of rotatable bonds is 6. The first-order chi connectivity index (χ1) is 15.0. The number of aromatic nitrogens is 1. The molecule has 3 aromatic rings. The van der Waals surface area contributed by atoms with Crippen molar-refractivity contribution in [1.82, 2.24) is 4.57 Å². The number of benzene rings is 2. The first-order valence-corrected chi connectivity index (χ1v) is 10.7. The molecule has 31 heavy (non-hydrogen) atoms. The lowest BCUT2D eigenvalue weighted by atomic mass is 9.99. The largest absolute Gasteiger partial charge is 0.493 e. The van der Waals surface area contributed by atoms with Crippen LogP contribution in [0.15, 0.2) is 59.5 Å². The van der Waals surface area contributed by atoms with E-state index >= 15 is 0 Å². The molecule has 1 aliphatic rings. The zero-order valence-electron chi connectivity index (χ0n) is 18.2. The SMILES string of the molecule is CCC1CCc2cc(OCc3ccccc3)c(OC)cc2-c2cc(=O)c(C(C)=O)cn21. The summed E-state index contributed by atoms with van der Waals surface area (Å²) in [7, 11) is 1.62. The Bertz CT molecular complexity index is 1160. The first kappa shape index (κ1) is 20.9. The van der Waals surface area contributed by atoms with E-state index in [4.69, 9.17) is 9.47 Å². The number of nitrogens with zero attached hydrogens (tertiary/aromatic N) is 1. The molecule has 0 bridgehead atoms. The Balaban J connectivity index is 1.80. The quantitative estimate of drug-likeness (QED) is 0.517. The Morgan fingerprint density at radius 1 is 1.13 bits per heavy atom. The maximum atomic E-state index is 12.6. The molecule has 5 nitrogen and oxygen atoms in total. The smallest absolute Gasteiger partial charge is 0.192 e. The van der Waals surface area contributed by atoms with Gasteiger partial charge in [0.15, 0.2) is 22.7 Å². The van der Waals surface area contributed by atoms with Gasteiger partial charge in [-0.25, -0.2) is 0 Å². The van der Waals surface area contributed by atoms with E-state index in [2.05, 4.69) is 11.5 Å². The standard InChI is InChI=1S/C26H27NO4/c1-4-20-11-10-19-12-26(31-16-18-8-6-5-7-9-18)25(30-3)13-21(19)23-14-24(29)22(17(2)28)15-27(20)23/h5-9,12-15,20H,4,10-11,16H2,1-3H3. The summed E-state index contributed by atoms with van der Waals surface area (Å²) in [6.45, 7) is 4.02. The topological polar surface area (TPSA) is 57.5 Å². The molecular weight excluding hydrogens is 390 g/mol. The number of methoxy groups -OCH3 is 1. The van der Waals surface area contributed by atoms with Gasteiger partial charge in [0.2, 0.25) is 0 Å². The number of carbonyl (C=O) groups is 1. The van der Waals surface area contributed by atoms with Crippen LogP contribution in [-0.2, 0) is 13.0 Å². The van der Waals surface area contributed by atoms with E-state index in [0.717, 1.165) is 41.6 Å². The molecule has 0 radical (unpaired) electrons. The molecule has 5 heteroatoms. The number of Topliss-reactive ketones (excluding diaryl/α,β-unsaturated/α-hetero) is 1. The molecule has 0 N–H and O–H groups in total. The van der Waals surface area contributed by atoms with Gasteiger partial charge in [-0.15, -0.1) is 0 Å². The normalized spacial score (nSPS) is 14.9. The third-order valence-corrected chi connectivity index (χ3v) is 5.97. The minimum Gasteiger partial charge on any atom is -0.493 e. The molecule has 0 saturated carbocycles. The van der Waals surface area contributed by atoms with Crippen molar-refractivity contribution in [2.45, 2.75) is 45.8 Å². The second-order valence-corrected chi connectivity index (χ2v) is 7.94. The predicted octanol–water partition coefficient (Wildman–Crippen LogP) is 5.20. The molecule has 0 saturated heterocycles. The van der Waals surface area contributed by atoms with Crippen LogP contribution in [0.4, 0.5) is 0 Å². The molecule has 0 amide bonds. The first-order valence-electron chi connectivity index (χ1n) is 10.7. The van der Waals surface area contributed by atoms with Crippen LogP contribution >= 0.6 is 0 Å². The second kappa shape index (κ2) is 8.80. The highest BCUT2D eigenvalue weighted by molar-refractivity contribution is 5.94. The van der Waals surface area contributed by atoms with Gasteiger partial charge in [-0.1, -0.05) is 37.3 Å².